The Morgan fingerprint density at radius 3 is 2.68 bits per heavy atom. The largest absolute Gasteiger partial charge is 0.394 e. The summed E-state index contributed by atoms with van der Waals surface area (Å²) < 4.78 is 11.7. The highest BCUT2D eigenvalue weighted by atomic mass is 16.6. The Kier molecular flexibility index (Phi) is 5.48. The number of aliphatic hydroxyl groups excluding tert-OH is 3. The van der Waals surface area contributed by atoms with Crippen LogP contribution in [0, 0.1) is 0 Å². The molecule has 0 amide bonds. The fourth-order valence-electron chi connectivity index (χ4n) is 2.36. The first-order chi connectivity index (χ1) is 10.5. The van der Waals surface area contributed by atoms with Crippen molar-refractivity contribution >= 4 is 0 Å². The van der Waals surface area contributed by atoms with Gasteiger partial charge < -0.3 is 24.8 Å². The number of H-pyrrole nitrogens is 1. The highest BCUT2D eigenvalue weighted by Gasteiger charge is 2.44. The van der Waals surface area contributed by atoms with Crippen molar-refractivity contribution in [2.24, 2.45) is 0 Å². The second kappa shape index (κ2) is 7.16. The lowest BCUT2D eigenvalue weighted by molar-refractivity contribution is -0.0233. The summed E-state index contributed by atoms with van der Waals surface area (Å²) >= 11 is 0. The molecule has 4 atom stereocenters. The molecule has 4 N–H and O–H groups in total. The molecule has 1 saturated heterocycles. The third-order valence-electron chi connectivity index (χ3n) is 3.57. The van der Waals surface area contributed by atoms with Gasteiger partial charge in [-0.05, 0) is 6.92 Å². The maximum atomic E-state index is 11.9. The zero-order valence-electron chi connectivity index (χ0n) is 12.1. The third kappa shape index (κ3) is 3.28. The average molecular weight is 316 g/mol. The van der Waals surface area contributed by atoms with E-state index in [0.717, 1.165) is 0 Å². The molecule has 0 aromatic carbocycles. The zero-order valence-corrected chi connectivity index (χ0v) is 12.1. The molecule has 124 valence electrons. The van der Waals surface area contributed by atoms with Crippen molar-refractivity contribution in [3.8, 4) is 0 Å². The molecule has 2 heterocycles. The number of nitrogens with one attached hydrogen (secondary N) is 1. The van der Waals surface area contributed by atoms with Gasteiger partial charge in [-0.3, -0.25) is 14.3 Å². The van der Waals surface area contributed by atoms with Crippen LogP contribution in [-0.2, 0) is 16.0 Å². The molecule has 0 radical (unpaired) electrons. The van der Waals surface area contributed by atoms with Crippen LogP contribution >= 0.6 is 0 Å². The average Bonchev–Trinajstić information content (AvgIpc) is 2.77. The number of aliphatic hydroxyl groups is 3. The summed E-state index contributed by atoms with van der Waals surface area (Å²) in [5, 5.41) is 28.8. The van der Waals surface area contributed by atoms with Crippen molar-refractivity contribution in [1.29, 1.82) is 0 Å². The van der Waals surface area contributed by atoms with Gasteiger partial charge in [-0.2, -0.15) is 0 Å². The molecule has 1 aromatic heterocycles. The minimum Gasteiger partial charge on any atom is -0.394 e. The smallest absolute Gasteiger partial charge is 0.328 e. The summed E-state index contributed by atoms with van der Waals surface area (Å²) in [5.41, 5.74) is -1.29. The van der Waals surface area contributed by atoms with Gasteiger partial charge in [0.2, 0.25) is 0 Å². The van der Waals surface area contributed by atoms with Gasteiger partial charge in [-0.15, -0.1) is 0 Å². The maximum Gasteiger partial charge on any atom is 0.328 e. The molecule has 0 spiro atoms. The van der Waals surface area contributed by atoms with Gasteiger partial charge in [0.15, 0.2) is 0 Å². The van der Waals surface area contributed by atoms with Crippen molar-refractivity contribution in [2.45, 2.75) is 37.9 Å². The van der Waals surface area contributed by atoms with E-state index in [1.54, 1.807) is 0 Å². The van der Waals surface area contributed by atoms with E-state index in [2.05, 4.69) is 4.98 Å². The van der Waals surface area contributed by atoms with E-state index in [-0.39, 0.29) is 18.7 Å². The highest BCUT2D eigenvalue weighted by Crippen LogP contribution is 2.31. The minimum atomic E-state index is -1.36. The van der Waals surface area contributed by atoms with Crippen molar-refractivity contribution in [3.63, 3.8) is 0 Å². The van der Waals surface area contributed by atoms with E-state index in [9.17, 15) is 19.8 Å². The molecule has 9 nitrogen and oxygen atoms in total. The Morgan fingerprint density at radius 1 is 1.36 bits per heavy atom. The number of aromatic nitrogens is 2. The van der Waals surface area contributed by atoms with Crippen LogP contribution in [-0.4, -0.2) is 63.0 Å². The highest BCUT2D eigenvalue weighted by molar-refractivity contribution is 5.14. The van der Waals surface area contributed by atoms with Crippen molar-refractivity contribution < 1.29 is 24.8 Å². The summed E-state index contributed by atoms with van der Waals surface area (Å²) in [7, 11) is 0. The molecule has 9 heteroatoms. The van der Waals surface area contributed by atoms with Gasteiger partial charge in [0.1, 0.15) is 24.4 Å². The molecule has 1 fully saturated rings. The first-order valence-electron chi connectivity index (χ1n) is 7.03. The van der Waals surface area contributed by atoms with E-state index in [1.807, 2.05) is 6.92 Å². The van der Waals surface area contributed by atoms with Crippen LogP contribution in [0.25, 0.3) is 0 Å². The lowest BCUT2D eigenvalue weighted by Gasteiger charge is -2.15. The normalized spacial score (nSPS) is 28.2. The van der Waals surface area contributed by atoms with Crippen LogP contribution in [0.15, 0.2) is 15.8 Å². The Bertz CT molecular complexity index is 611. The number of hydrogen-bond donors (Lipinski definition) is 4. The van der Waals surface area contributed by atoms with E-state index in [1.165, 1.54) is 10.8 Å². The molecule has 0 aliphatic carbocycles. The molecule has 1 aliphatic heterocycles. The summed E-state index contributed by atoms with van der Waals surface area (Å²) in [5.74, 6) is 0. The number of nitrogens with zero attached hydrogens (tertiary/aromatic N) is 1. The van der Waals surface area contributed by atoms with Crippen molar-refractivity contribution in [3.05, 3.63) is 32.6 Å². The van der Waals surface area contributed by atoms with Gasteiger partial charge in [-0.25, -0.2) is 4.79 Å². The summed E-state index contributed by atoms with van der Waals surface area (Å²) in [6.45, 7) is 2.35. The SMILES string of the molecule is CCOCCn1cc([C@@H]2O[C@H](CO)[C@@H](O)[C@H]2O)c(=O)[nH]c1=O. The van der Waals surface area contributed by atoms with Crippen LogP contribution in [0.4, 0.5) is 0 Å². The van der Waals surface area contributed by atoms with Gasteiger partial charge >= 0.3 is 5.69 Å². The van der Waals surface area contributed by atoms with Crippen molar-refractivity contribution in [1.82, 2.24) is 9.55 Å². The molecule has 2 rings (SSSR count). The molecule has 0 unspecified atom stereocenters. The summed E-state index contributed by atoms with van der Waals surface area (Å²) in [6.07, 6.45) is -3.49. The zero-order chi connectivity index (χ0) is 16.3. The Labute approximate surface area is 125 Å². The number of aromatic amines is 1. The Balaban J connectivity index is 2.29. The van der Waals surface area contributed by atoms with Crippen LogP contribution in [0.3, 0.4) is 0 Å². The molecule has 1 aliphatic rings. The predicted octanol–water partition coefficient (Wildman–Crippen LogP) is -2.27. The number of ether oxygens (including phenoxy) is 2. The van der Waals surface area contributed by atoms with E-state index in [0.29, 0.717) is 6.61 Å². The van der Waals surface area contributed by atoms with Gasteiger partial charge in [0.25, 0.3) is 5.56 Å². The standard InChI is InChI=1S/C13H20N2O7/c1-2-21-4-3-15-5-7(12(19)14-13(15)20)11-10(18)9(17)8(6-16)22-11/h5,8-11,16-18H,2-4,6H2,1H3,(H,14,19,20)/t8-,9-,10-,11+/m1/s1. The first-order valence-corrected chi connectivity index (χ1v) is 7.03. The topological polar surface area (TPSA) is 134 Å². The van der Waals surface area contributed by atoms with Crippen LogP contribution in [0.5, 0.6) is 0 Å². The van der Waals surface area contributed by atoms with E-state index < -0.39 is 42.3 Å². The summed E-state index contributed by atoms with van der Waals surface area (Å²) in [4.78, 5) is 25.8. The molecule has 22 heavy (non-hydrogen) atoms. The molecule has 1 aromatic rings. The van der Waals surface area contributed by atoms with E-state index in [4.69, 9.17) is 14.6 Å². The molecular weight excluding hydrogens is 296 g/mol. The molecule has 0 bridgehead atoms. The maximum absolute atomic E-state index is 11.9. The lowest BCUT2D eigenvalue weighted by atomic mass is 10.0. The summed E-state index contributed by atoms with van der Waals surface area (Å²) in [6, 6.07) is 0. The Hall–Kier alpha value is -1.52. The quantitative estimate of drug-likeness (QED) is 0.435. The first kappa shape index (κ1) is 16.8. The van der Waals surface area contributed by atoms with Gasteiger partial charge in [0, 0.05) is 12.8 Å². The predicted molar refractivity (Wildman–Crippen MR) is 74.5 cm³/mol. The third-order valence-corrected chi connectivity index (χ3v) is 3.57. The number of rotatable bonds is 6. The minimum absolute atomic E-state index is 0.0126. The monoisotopic (exact) mass is 316 g/mol. The molecule has 0 saturated carbocycles. The fraction of sp³-hybridized carbons (Fsp3) is 0.692. The van der Waals surface area contributed by atoms with Crippen LogP contribution in [0.2, 0.25) is 0 Å². The Morgan fingerprint density at radius 2 is 2.09 bits per heavy atom. The fourth-order valence-corrected chi connectivity index (χ4v) is 2.36. The second-order valence-electron chi connectivity index (χ2n) is 4.99. The van der Waals surface area contributed by atoms with Crippen LogP contribution < -0.4 is 11.2 Å². The van der Waals surface area contributed by atoms with E-state index >= 15 is 0 Å². The number of hydrogen-bond acceptors (Lipinski definition) is 7. The van der Waals surface area contributed by atoms with Gasteiger partial charge in [-0.1, -0.05) is 0 Å². The molecular formula is C13H20N2O7. The van der Waals surface area contributed by atoms with Gasteiger partial charge in [0.05, 0.1) is 25.3 Å². The second-order valence-corrected chi connectivity index (χ2v) is 4.99. The van der Waals surface area contributed by atoms with Crippen LogP contribution in [0.1, 0.15) is 18.6 Å². The lowest BCUT2D eigenvalue weighted by Crippen LogP contribution is -2.36. The van der Waals surface area contributed by atoms with Crippen molar-refractivity contribution in [2.75, 3.05) is 19.8 Å².